The van der Waals surface area contributed by atoms with Crippen LogP contribution in [0.15, 0.2) is 0 Å². The summed E-state index contributed by atoms with van der Waals surface area (Å²) in [6, 6.07) is 0. The van der Waals surface area contributed by atoms with Crippen LogP contribution < -0.4 is 5.73 Å². The van der Waals surface area contributed by atoms with Gasteiger partial charge in [0.15, 0.2) is 0 Å². The molecular formula is C11H22N2O. The second kappa shape index (κ2) is 4.60. The zero-order valence-electron chi connectivity index (χ0n) is 8.86. The highest BCUT2D eigenvalue weighted by Crippen LogP contribution is 2.37. The average molecular weight is 198 g/mol. The third-order valence-corrected chi connectivity index (χ3v) is 3.82. The van der Waals surface area contributed by atoms with E-state index in [1.165, 1.54) is 25.9 Å². The standard InChI is InChI=1S/C11H22N2O/c12-5-1-2-6-13-7-9-3-4-11(14)10(9)8-13/h9-11,14H,1-8,12H2. The number of hydrogen-bond donors (Lipinski definition) is 2. The number of rotatable bonds is 4. The molecule has 1 saturated heterocycles. The number of likely N-dealkylation sites (tertiary alicyclic amines) is 1. The van der Waals surface area contributed by atoms with E-state index >= 15 is 0 Å². The summed E-state index contributed by atoms with van der Waals surface area (Å²) in [7, 11) is 0. The largest absolute Gasteiger partial charge is 0.393 e. The minimum atomic E-state index is -0.0143. The summed E-state index contributed by atoms with van der Waals surface area (Å²) >= 11 is 0. The first-order chi connectivity index (χ1) is 6.81. The Morgan fingerprint density at radius 2 is 2.07 bits per heavy atom. The van der Waals surface area contributed by atoms with Crippen LogP contribution in [0, 0.1) is 11.8 Å². The van der Waals surface area contributed by atoms with Gasteiger partial charge in [-0.25, -0.2) is 0 Å². The van der Waals surface area contributed by atoms with Gasteiger partial charge in [0, 0.05) is 19.0 Å². The normalized spacial score (nSPS) is 37.7. The first-order valence-corrected chi connectivity index (χ1v) is 5.91. The van der Waals surface area contributed by atoms with Crippen LogP contribution in [0.3, 0.4) is 0 Å². The SMILES string of the molecule is NCCCCN1CC2CCC(O)C2C1. The van der Waals surface area contributed by atoms with Crippen LogP contribution in [0.5, 0.6) is 0 Å². The monoisotopic (exact) mass is 198 g/mol. The van der Waals surface area contributed by atoms with Crippen molar-refractivity contribution in [2.24, 2.45) is 17.6 Å². The topological polar surface area (TPSA) is 49.5 Å². The number of nitrogens with zero attached hydrogens (tertiary/aromatic N) is 1. The zero-order chi connectivity index (χ0) is 9.97. The fourth-order valence-corrected chi connectivity index (χ4v) is 2.99. The maximum atomic E-state index is 9.74. The molecule has 1 aliphatic carbocycles. The number of unbranched alkanes of at least 4 members (excludes halogenated alkanes) is 1. The number of nitrogens with two attached hydrogens (primary N) is 1. The van der Waals surface area contributed by atoms with Gasteiger partial charge in [-0.05, 0) is 44.7 Å². The molecule has 14 heavy (non-hydrogen) atoms. The predicted molar refractivity (Wildman–Crippen MR) is 56.9 cm³/mol. The van der Waals surface area contributed by atoms with Gasteiger partial charge in [-0.2, -0.15) is 0 Å². The summed E-state index contributed by atoms with van der Waals surface area (Å²) in [6.07, 6.45) is 4.60. The molecule has 1 saturated carbocycles. The Kier molecular flexibility index (Phi) is 3.42. The molecule has 0 bridgehead atoms. The Balaban J connectivity index is 1.72. The molecule has 1 aliphatic heterocycles. The number of hydrogen-bond acceptors (Lipinski definition) is 3. The van der Waals surface area contributed by atoms with E-state index in [2.05, 4.69) is 4.90 Å². The molecule has 3 atom stereocenters. The van der Waals surface area contributed by atoms with Gasteiger partial charge in [0.1, 0.15) is 0 Å². The Morgan fingerprint density at radius 3 is 2.79 bits per heavy atom. The van der Waals surface area contributed by atoms with E-state index in [9.17, 15) is 5.11 Å². The molecule has 2 rings (SSSR count). The predicted octanol–water partition coefficient (Wildman–Crippen LogP) is 0.428. The summed E-state index contributed by atoms with van der Waals surface area (Å²) in [4.78, 5) is 2.51. The summed E-state index contributed by atoms with van der Waals surface area (Å²) < 4.78 is 0. The van der Waals surface area contributed by atoms with Gasteiger partial charge in [-0.3, -0.25) is 0 Å². The van der Waals surface area contributed by atoms with Crippen molar-refractivity contribution in [1.82, 2.24) is 4.90 Å². The van der Waals surface area contributed by atoms with Crippen LogP contribution in [0.25, 0.3) is 0 Å². The molecule has 3 heteroatoms. The molecule has 2 aliphatic rings. The van der Waals surface area contributed by atoms with Crippen molar-refractivity contribution in [3.63, 3.8) is 0 Å². The van der Waals surface area contributed by atoms with Gasteiger partial charge < -0.3 is 15.7 Å². The van der Waals surface area contributed by atoms with Crippen molar-refractivity contribution in [1.29, 1.82) is 0 Å². The molecule has 3 N–H and O–H groups in total. The number of aliphatic hydroxyl groups is 1. The second-order valence-electron chi connectivity index (χ2n) is 4.82. The van der Waals surface area contributed by atoms with Gasteiger partial charge in [-0.15, -0.1) is 0 Å². The highest BCUT2D eigenvalue weighted by Gasteiger charge is 2.41. The van der Waals surface area contributed by atoms with Crippen molar-refractivity contribution in [3.05, 3.63) is 0 Å². The van der Waals surface area contributed by atoms with E-state index in [4.69, 9.17) is 5.73 Å². The van der Waals surface area contributed by atoms with E-state index in [0.29, 0.717) is 5.92 Å². The van der Waals surface area contributed by atoms with E-state index in [1.54, 1.807) is 0 Å². The number of fused-ring (bicyclic) bond motifs is 1. The highest BCUT2D eigenvalue weighted by molar-refractivity contribution is 4.93. The van der Waals surface area contributed by atoms with Crippen LogP contribution in [0.4, 0.5) is 0 Å². The highest BCUT2D eigenvalue weighted by atomic mass is 16.3. The van der Waals surface area contributed by atoms with Crippen molar-refractivity contribution in [3.8, 4) is 0 Å². The van der Waals surface area contributed by atoms with Crippen molar-refractivity contribution < 1.29 is 5.11 Å². The molecule has 0 amide bonds. The summed E-state index contributed by atoms with van der Waals surface area (Å²) in [5, 5.41) is 9.74. The first kappa shape index (κ1) is 10.4. The van der Waals surface area contributed by atoms with Crippen molar-refractivity contribution in [2.45, 2.75) is 31.8 Å². The Bertz CT molecular complexity index is 186. The summed E-state index contributed by atoms with van der Waals surface area (Å²) in [5.41, 5.74) is 5.47. The van der Waals surface area contributed by atoms with Crippen molar-refractivity contribution in [2.75, 3.05) is 26.2 Å². The van der Waals surface area contributed by atoms with Crippen LogP contribution in [0.1, 0.15) is 25.7 Å². The Hall–Kier alpha value is -0.120. The lowest BCUT2D eigenvalue weighted by Gasteiger charge is -2.17. The van der Waals surface area contributed by atoms with Crippen LogP contribution in [-0.4, -0.2) is 42.3 Å². The third-order valence-electron chi connectivity index (χ3n) is 3.82. The maximum absolute atomic E-state index is 9.74. The van der Waals surface area contributed by atoms with Crippen LogP contribution >= 0.6 is 0 Å². The lowest BCUT2D eigenvalue weighted by molar-refractivity contribution is 0.124. The molecule has 82 valence electrons. The van der Waals surface area contributed by atoms with Gasteiger partial charge in [0.05, 0.1) is 6.10 Å². The molecule has 0 aromatic carbocycles. The van der Waals surface area contributed by atoms with E-state index < -0.39 is 0 Å². The fourth-order valence-electron chi connectivity index (χ4n) is 2.99. The van der Waals surface area contributed by atoms with Gasteiger partial charge >= 0.3 is 0 Å². The molecule has 1 heterocycles. The average Bonchev–Trinajstić information content (AvgIpc) is 2.70. The fraction of sp³-hybridized carbons (Fsp3) is 1.00. The first-order valence-electron chi connectivity index (χ1n) is 5.91. The molecular weight excluding hydrogens is 176 g/mol. The molecule has 3 unspecified atom stereocenters. The smallest absolute Gasteiger partial charge is 0.0583 e. The quantitative estimate of drug-likeness (QED) is 0.644. The van der Waals surface area contributed by atoms with Crippen LogP contribution in [0.2, 0.25) is 0 Å². The zero-order valence-corrected chi connectivity index (χ0v) is 8.86. The van der Waals surface area contributed by atoms with Crippen LogP contribution in [-0.2, 0) is 0 Å². The van der Waals surface area contributed by atoms with E-state index in [-0.39, 0.29) is 6.10 Å². The number of aliphatic hydroxyl groups excluding tert-OH is 1. The lowest BCUT2D eigenvalue weighted by atomic mass is 10.00. The van der Waals surface area contributed by atoms with Gasteiger partial charge in [-0.1, -0.05) is 0 Å². The summed E-state index contributed by atoms with van der Waals surface area (Å²) in [6.45, 7) is 4.32. The second-order valence-corrected chi connectivity index (χ2v) is 4.82. The van der Waals surface area contributed by atoms with E-state index in [1.807, 2.05) is 0 Å². The lowest BCUT2D eigenvalue weighted by Crippen LogP contribution is -2.26. The van der Waals surface area contributed by atoms with Gasteiger partial charge in [0.25, 0.3) is 0 Å². The molecule has 0 aromatic heterocycles. The molecule has 0 aromatic rings. The Labute approximate surface area is 86.3 Å². The molecule has 2 fully saturated rings. The minimum Gasteiger partial charge on any atom is -0.393 e. The van der Waals surface area contributed by atoms with E-state index in [0.717, 1.165) is 31.8 Å². The summed E-state index contributed by atoms with van der Waals surface area (Å²) in [5.74, 6) is 1.36. The van der Waals surface area contributed by atoms with Gasteiger partial charge in [0.2, 0.25) is 0 Å². The third kappa shape index (κ3) is 2.10. The minimum absolute atomic E-state index is 0.0143. The Morgan fingerprint density at radius 1 is 1.21 bits per heavy atom. The molecule has 0 radical (unpaired) electrons. The molecule has 3 nitrogen and oxygen atoms in total. The molecule has 0 spiro atoms. The van der Waals surface area contributed by atoms with Crippen molar-refractivity contribution >= 4 is 0 Å². The maximum Gasteiger partial charge on any atom is 0.0583 e.